The van der Waals surface area contributed by atoms with Gasteiger partial charge in [0.2, 0.25) is 0 Å². The Bertz CT molecular complexity index is 1040. The third-order valence-electron chi connectivity index (χ3n) is 4.35. The number of carbonyl (C=O) groups is 4. The van der Waals surface area contributed by atoms with Crippen LogP contribution in [0.2, 0.25) is 5.02 Å². The van der Waals surface area contributed by atoms with E-state index in [1.54, 1.807) is 19.1 Å². The first-order valence-electron chi connectivity index (χ1n) is 8.59. The van der Waals surface area contributed by atoms with Gasteiger partial charge in [-0.3, -0.25) is 19.3 Å². The number of fused-ring (bicyclic) bond motifs is 1. The van der Waals surface area contributed by atoms with E-state index in [0.29, 0.717) is 0 Å². The number of carbonyl (C=O) groups excluding carboxylic acids is 4. The van der Waals surface area contributed by atoms with Crippen LogP contribution in [0.25, 0.3) is 0 Å². The highest BCUT2D eigenvalue weighted by Gasteiger charge is 2.41. The van der Waals surface area contributed by atoms with Crippen LogP contribution in [0.1, 0.15) is 33.2 Å². The van der Waals surface area contributed by atoms with Crippen LogP contribution in [0.15, 0.2) is 36.4 Å². The molecule has 29 heavy (non-hydrogen) atoms. The molecule has 0 bridgehead atoms. The van der Waals surface area contributed by atoms with Crippen molar-refractivity contribution in [1.29, 1.82) is 0 Å². The molecular formula is C20H16ClFN2O5. The number of esters is 1. The first-order valence-corrected chi connectivity index (χ1v) is 8.97. The van der Waals surface area contributed by atoms with E-state index >= 15 is 0 Å². The fourth-order valence-corrected chi connectivity index (χ4v) is 3.04. The molecule has 3 rings (SSSR count). The van der Waals surface area contributed by atoms with E-state index in [0.717, 1.165) is 16.5 Å². The quantitative estimate of drug-likeness (QED) is 0.595. The monoisotopic (exact) mass is 418 g/mol. The number of nitrogens with one attached hydrogen (secondary N) is 1. The van der Waals surface area contributed by atoms with Crippen LogP contribution in [-0.4, -0.2) is 41.2 Å². The maximum Gasteiger partial charge on any atom is 0.329 e. The average Bonchev–Trinajstić information content (AvgIpc) is 2.92. The molecule has 1 aliphatic heterocycles. The van der Waals surface area contributed by atoms with E-state index in [4.69, 9.17) is 16.3 Å². The summed E-state index contributed by atoms with van der Waals surface area (Å²) in [6.45, 7) is 2.38. The van der Waals surface area contributed by atoms with Gasteiger partial charge in [-0.25, -0.2) is 9.18 Å². The number of anilines is 1. The normalized spacial score (nSPS) is 13.9. The van der Waals surface area contributed by atoms with Crippen LogP contribution in [-0.2, 0) is 14.3 Å². The Morgan fingerprint density at radius 3 is 2.55 bits per heavy atom. The molecule has 1 aliphatic rings. The van der Waals surface area contributed by atoms with Crippen LogP contribution in [0.3, 0.4) is 0 Å². The summed E-state index contributed by atoms with van der Waals surface area (Å²) in [5.74, 6) is -3.67. The Balaban J connectivity index is 1.62. The zero-order chi connectivity index (χ0) is 21.3. The summed E-state index contributed by atoms with van der Waals surface area (Å²) in [4.78, 5) is 50.0. The van der Waals surface area contributed by atoms with Crippen LogP contribution in [0.4, 0.5) is 10.1 Å². The molecule has 0 saturated carbocycles. The van der Waals surface area contributed by atoms with Gasteiger partial charge in [-0.15, -0.1) is 0 Å². The standard InChI is InChI=1S/C20H16ClFN2O5/c1-10-3-5-13-14(7-10)19(27)24(18(13)26)11(2)20(28)29-9-17(25)23-16-8-12(21)4-6-15(16)22/h3-8,11H,9H2,1-2H3,(H,23,25)/t11-/m1/s1. The molecule has 2 aromatic carbocycles. The van der Waals surface area contributed by atoms with Crippen molar-refractivity contribution in [2.45, 2.75) is 19.9 Å². The minimum atomic E-state index is -1.24. The summed E-state index contributed by atoms with van der Waals surface area (Å²) in [7, 11) is 0. The molecule has 0 aromatic heterocycles. The SMILES string of the molecule is Cc1ccc2c(c1)C(=O)N([C@H](C)C(=O)OCC(=O)Nc1cc(Cl)ccc1F)C2=O. The van der Waals surface area contributed by atoms with Gasteiger partial charge in [0.25, 0.3) is 17.7 Å². The van der Waals surface area contributed by atoms with Crippen LogP contribution in [0.5, 0.6) is 0 Å². The number of imide groups is 1. The van der Waals surface area contributed by atoms with Crippen molar-refractivity contribution in [3.8, 4) is 0 Å². The van der Waals surface area contributed by atoms with E-state index in [9.17, 15) is 23.6 Å². The van der Waals surface area contributed by atoms with E-state index in [-0.39, 0.29) is 21.8 Å². The average molecular weight is 419 g/mol. The third kappa shape index (κ3) is 4.12. The second-order valence-corrected chi connectivity index (χ2v) is 6.92. The van der Waals surface area contributed by atoms with Gasteiger partial charge in [0, 0.05) is 5.02 Å². The lowest BCUT2D eigenvalue weighted by molar-refractivity contribution is -0.150. The van der Waals surface area contributed by atoms with E-state index < -0.39 is 42.2 Å². The van der Waals surface area contributed by atoms with E-state index in [1.807, 2.05) is 0 Å². The molecule has 0 fully saturated rings. The van der Waals surface area contributed by atoms with Gasteiger partial charge in [0.1, 0.15) is 11.9 Å². The fourth-order valence-electron chi connectivity index (χ4n) is 2.87. The molecule has 1 N–H and O–H groups in total. The van der Waals surface area contributed by atoms with Gasteiger partial charge in [-0.1, -0.05) is 23.2 Å². The highest BCUT2D eigenvalue weighted by atomic mass is 35.5. The molecule has 0 unspecified atom stereocenters. The molecule has 3 amide bonds. The first-order chi connectivity index (χ1) is 13.7. The van der Waals surface area contributed by atoms with Crippen LogP contribution in [0, 0.1) is 12.7 Å². The van der Waals surface area contributed by atoms with Gasteiger partial charge in [-0.2, -0.15) is 0 Å². The lowest BCUT2D eigenvalue weighted by Gasteiger charge is -2.20. The summed E-state index contributed by atoms with van der Waals surface area (Å²) < 4.78 is 18.5. The van der Waals surface area contributed by atoms with Crippen LogP contribution >= 0.6 is 11.6 Å². The Labute approximate surface area is 170 Å². The van der Waals surface area contributed by atoms with Crippen molar-refractivity contribution in [3.63, 3.8) is 0 Å². The summed E-state index contributed by atoms with van der Waals surface area (Å²) in [6.07, 6.45) is 0. The van der Waals surface area contributed by atoms with Gasteiger partial charge < -0.3 is 10.1 Å². The van der Waals surface area contributed by atoms with Crippen molar-refractivity contribution in [1.82, 2.24) is 4.90 Å². The number of rotatable bonds is 5. The van der Waals surface area contributed by atoms with Crippen molar-refractivity contribution >= 4 is 41.0 Å². The third-order valence-corrected chi connectivity index (χ3v) is 4.59. The number of ether oxygens (including phenoxy) is 1. The van der Waals surface area contributed by atoms with Crippen molar-refractivity contribution in [2.24, 2.45) is 0 Å². The molecular weight excluding hydrogens is 403 g/mol. The summed E-state index contributed by atoms with van der Waals surface area (Å²) in [6, 6.07) is 7.15. The molecule has 0 aliphatic carbocycles. The zero-order valence-electron chi connectivity index (χ0n) is 15.5. The fraction of sp³-hybridized carbons (Fsp3) is 0.200. The number of nitrogens with zero attached hydrogens (tertiary/aromatic N) is 1. The maximum absolute atomic E-state index is 13.6. The number of amides is 3. The Hall–Kier alpha value is -3.26. The van der Waals surface area contributed by atoms with Gasteiger partial charge in [0.05, 0.1) is 16.8 Å². The molecule has 0 saturated heterocycles. The number of aryl methyl sites for hydroxylation is 1. The lowest BCUT2D eigenvalue weighted by Crippen LogP contribution is -2.44. The Morgan fingerprint density at radius 2 is 1.83 bits per heavy atom. The number of halogens is 2. The van der Waals surface area contributed by atoms with Gasteiger partial charge >= 0.3 is 5.97 Å². The second kappa shape index (κ2) is 8.00. The molecule has 0 spiro atoms. The predicted octanol–water partition coefficient (Wildman–Crippen LogP) is 2.95. The molecule has 9 heteroatoms. The Morgan fingerprint density at radius 1 is 1.14 bits per heavy atom. The zero-order valence-corrected chi connectivity index (χ0v) is 16.2. The number of benzene rings is 2. The smallest absolute Gasteiger partial charge is 0.329 e. The minimum absolute atomic E-state index is 0.165. The van der Waals surface area contributed by atoms with E-state index in [1.165, 1.54) is 25.1 Å². The predicted molar refractivity (Wildman–Crippen MR) is 102 cm³/mol. The molecule has 2 aromatic rings. The summed E-state index contributed by atoms with van der Waals surface area (Å²) >= 11 is 5.74. The lowest BCUT2D eigenvalue weighted by atomic mass is 10.1. The van der Waals surface area contributed by atoms with Crippen molar-refractivity contribution in [2.75, 3.05) is 11.9 Å². The van der Waals surface area contributed by atoms with Crippen molar-refractivity contribution in [3.05, 3.63) is 63.9 Å². The second-order valence-electron chi connectivity index (χ2n) is 6.49. The molecule has 1 atom stereocenters. The minimum Gasteiger partial charge on any atom is -0.454 e. The first kappa shape index (κ1) is 20.5. The maximum atomic E-state index is 13.6. The topological polar surface area (TPSA) is 92.8 Å². The molecule has 7 nitrogen and oxygen atoms in total. The highest BCUT2D eigenvalue weighted by molar-refractivity contribution is 6.31. The van der Waals surface area contributed by atoms with Gasteiger partial charge in [-0.05, 0) is 44.2 Å². The number of hydrogen-bond acceptors (Lipinski definition) is 5. The summed E-state index contributed by atoms with van der Waals surface area (Å²) in [5.41, 5.74) is 1.05. The Kier molecular flexibility index (Phi) is 5.65. The van der Waals surface area contributed by atoms with Crippen LogP contribution < -0.4 is 5.32 Å². The van der Waals surface area contributed by atoms with Crippen molar-refractivity contribution < 1.29 is 28.3 Å². The van der Waals surface area contributed by atoms with Gasteiger partial charge in [0.15, 0.2) is 6.61 Å². The molecule has 0 radical (unpaired) electrons. The summed E-state index contributed by atoms with van der Waals surface area (Å²) in [5, 5.41) is 2.45. The van der Waals surface area contributed by atoms with E-state index in [2.05, 4.69) is 5.32 Å². The largest absolute Gasteiger partial charge is 0.454 e. The molecule has 1 heterocycles. The highest BCUT2D eigenvalue weighted by Crippen LogP contribution is 2.26. The molecule has 150 valence electrons. The number of hydrogen-bond donors (Lipinski definition) is 1.